The fourth-order valence-electron chi connectivity index (χ4n) is 3.17. The van der Waals surface area contributed by atoms with Crippen LogP contribution in [0.3, 0.4) is 0 Å². The molecule has 0 bridgehead atoms. The van der Waals surface area contributed by atoms with Gasteiger partial charge in [0, 0.05) is 51.4 Å². The van der Waals surface area contributed by atoms with Crippen LogP contribution in [-0.2, 0) is 17.9 Å². The smallest absolute Gasteiger partial charge is 0.191 e. The van der Waals surface area contributed by atoms with Crippen LogP contribution >= 0.6 is 0 Å². The number of guanidine groups is 1. The van der Waals surface area contributed by atoms with Crippen molar-refractivity contribution in [2.24, 2.45) is 10.9 Å². The minimum atomic E-state index is -0.235. The lowest BCUT2D eigenvalue weighted by atomic mass is 10.1. The van der Waals surface area contributed by atoms with Crippen molar-refractivity contribution in [1.29, 1.82) is 0 Å². The second kappa shape index (κ2) is 9.15. The van der Waals surface area contributed by atoms with Crippen molar-refractivity contribution in [1.82, 2.24) is 15.5 Å². The van der Waals surface area contributed by atoms with Crippen LogP contribution in [0.25, 0.3) is 0 Å². The summed E-state index contributed by atoms with van der Waals surface area (Å²) >= 11 is 0. The van der Waals surface area contributed by atoms with E-state index in [4.69, 9.17) is 4.74 Å². The summed E-state index contributed by atoms with van der Waals surface area (Å²) in [6.45, 7) is 9.72. The normalized spacial score (nSPS) is 21.8. The Kier molecular flexibility index (Phi) is 7.20. The van der Waals surface area contributed by atoms with Gasteiger partial charge < -0.3 is 15.4 Å². The van der Waals surface area contributed by atoms with E-state index in [-0.39, 0.29) is 12.4 Å². The molecular formula is C19H31FN4O. The maximum Gasteiger partial charge on any atom is 0.191 e. The van der Waals surface area contributed by atoms with Crippen molar-refractivity contribution in [3.8, 4) is 0 Å². The van der Waals surface area contributed by atoms with Crippen molar-refractivity contribution in [2.45, 2.75) is 46.0 Å². The van der Waals surface area contributed by atoms with Crippen LogP contribution in [0.4, 0.5) is 4.39 Å². The fourth-order valence-corrected chi connectivity index (χ4v) is 3.17. The quantitative estimate of drug-likeness (QED) is 0.611. The molecule has 0 radical (unpaired) electrons. The molecule has 0 aliphatic carbocycles. The van der Waals surface area contributed by atoms with Crippen LogP contribution in [-0.4, -0.2) is 50.2 Å². The van der Waals surface area contributed by atoms with Gasteiger partial charge in [0.25, 0.3) is 0 Å². The van der Waals surface area contributed by atoms with E-state index >= 15 is 0 Å². The van der Waals surface area contributed by atoms with Gasteiger partial charge in [-0.2, -0.15) is 0 Å². The van der Waals surface area contributed by atoms with Crippen molar-refractivity contribution < 1.29 is 9.13 Å². The number of nitrogens with zero attached hydrogens (tertiary/aromatic N) is 2. The van der Waals surface area contributed by atoms with Gasteiger partial charge in [0.1, 0.15) is 5.82 Å². The molecule has 1 heterocycles. The summed E-state index contributed by atoms with van der Waals surface area (Å²) < 4.78 is 18.7. The number of ether oxygens (including phenoxy) is 1. The highest BCUT2D eigenvalue weighted by Crippen LogP contribution is 2.18. The molecule has 1 aromatic carbocycles. The lowest BCUT2D eigenvalue weighted by Gasteiger charge is -2.22. The number of halogens is 1. The Morgan fingerprint density at radius 3 is 2.76 bits per heavy atom. The molecule has 25 heavy (non-hydrogen) atoms. The number of benzene rings is 1. The minimum Gasteiger partial charge on any atom is -0.380 e. The molecule has 1 fully saturated rings. The van der Waals surface area contributed by atoms with E-state index in [1.165, 1.54) is 6.07 Å². The van der Waals surface area contributed by atoms with Crippen LogP contribution in [0, 0.1) is 11.7 Å². The number of rotatable bonds is 6. The van der Waals surface area contributed by atoms with E-state index in [0.717, 1.165) is 24.6 Å². The third-order valence-electron chi connectivity index (χ3n) is 4.79. The maximum absolute atomic E-state index is 13.7. The van der Waals surface area contributed by atoms with Crippen LogP contribution < -0.4 is 10.6 Å². The first-order valence-corrected chi connectivity index (χ1v) is 8.92. The second-order valence-corrected chi connectivity index (χ2v) is 7.06. The molecule has 1 aromatic rings. The highest BCUT2D eigenvalue weighted by Gasteiger charge is 2.31. The monoisotopic (exact) mass is 350 g/mol. The third-order valence-corrected chi connectivity index (χ3v) is 4.79. The van der Waals surface area contributed by atoms with Crippen LogP contribution in [0.2, 0.25) is 0 Å². The molecule has 0 amide bonds. The number of methoxy groups -OCH3 is 1. The second-order valence-electron chi connectivity index (χ2n) is 7.06. The molecule has 1 aliphatic heterocycles. The van der Waals surface area contributed by atoms with E-state index in [1.807, 2.05) is 6.07 Å². The number of hydrogen-bond donors (Lipinski definition) is 2. The predicted octanol–water partition coefficient (Wildman–Crippen LogP) is 2.37. The Balaban J connectivity index is 1.92. The first-order valence-electron chi connectivity index (χ1n) is 8.92. The van der Waals surface area contributed by atoms with Gasteiger partial charge in [0.15, 0.2) is 5.96 Å². The number of likely N-dealkylation sites (tertiary alicyclic amines) is 1. The molecule has 5 nitrogen and oxygen atoms in total. The highest BCUT2D eigenvalue weighted by atomic mass is 19.1. The lowest BCUT2D eigenvalue weighted by molar-refractivity contribution is 0.181. The van der Waals surface area contributed by atoms with Crippen molar-refractivity contribution in [2.75, 3.05) is 27.2 Å². The van der Waals surface area contributed by atoms with Crippen molar-refractivity contribution in [3.63, 3.8) is 0 Å². The van der Waals surface area contributed by atoms with Gasteiger partial charge in [-0.05, 0) is 37.5 Å². The summed E-state index contributed by atoms with van der Waals surface area (Å²) in [4.78, 5) is 6.80. The van der Waals surface area contributed by atoms with Crippen molar-refractivity contribution >= 4 is 5.96 Å². The molecule has 0 spiro atoms. The van der Waals surface area contributed by atoms with Crippen LogP contribution in [0.15, 0.2) is 23.2 Å². The average Bonchev–Trinajstić information content (AvgIpc) is 2.95. The van der Waals surface area contributed by atoms with E-state index in [1.54, 1.807) is 20.2 Å². The minimum absolute atomic E-state index is 0.235. The molecule has 2 N–H and O–H groups in total. The van der Waals surface area contributed by atoms with Gasteiger partial charge in [-0.1, -0.05) is 13.0 Å². The summed E-state index contributed by atoms with van der Waals surface area (Å²) in [5, 5.41) is 6.84. The van der Waals surface area contributed by atoms with Gasteiger partial charge in [0.2, 0.25) is 0 Å². The maximum atomic E-state index is 13.7. The summed E-state index contributed by atoms with van der Waals surface area (Å²) in [7, 11) is 3.34. The molecular weight excluding hydrogens is 319 g/mol. The van der Waals surface area contributed by atoms with E-state index in [9.17, 15) is 4.39 Å². The number of hydrogen-bond acceptors (Lipinski definition) is 3. The van der Waals surface area contributed by atoms with Crippen LogP contribution in [0.1, 0.15) is 31.9 Å². The molecule has 1 aliphatic rings. The van der Waals surface area contributed by atoms with Gasteiger partial charge in [-0.15, -0.1) is 0 Å². The van der Waals surface area contributed by atoms with Crippen molar-refractivity contribution in [3.05, 3.63) is 35.1 Å². The fraction of sp³-hybridized carbons (Fsp3) is 0.632. The Morgan fingerprint density at radius 1 is 1.40 bits per heavy atom. The van der Waals surface area contributed by atoms with E-state index in [0.29, 0.717) is 30.1 Å². The zero-order valence-electron chi connectivity index (χ0n) is 16.0. The Labute approximate surface area is 150 Å². The van der Waals surface area contributed by atoms with Gasteiger partial charge in [-0.3, -0.25) is 9.89 Å². The highest BCUT2D eigenvalue weighted by molar-refractivity contribution is 5.80. The number of nitrogens with one attached hydrogen (secondary N) is 2. The van der Waals surface area contributed by atoms with Crippen LogP contribution in [0.5, 0.6) is 0 Å². The summed E-state index contributed by atoms with van der Waals surface area (Å²) in [6, 6.07) is 6.04. The molecule has 0 saturated carbocycles. The number of aliphatic imine (C=N–C) groups is 1. The average molecular weight is 350 g/mol. The van der Waals surface area contributed by atoms with Gasteiger partial charge in [-0.25, -0.2) is 4.39 Å². The molecule has 6 heteroatoms. The molecule has 2 rings (SSSR count). The van der Waals surface area contributed by atoms with E-state index < -0.39 is 0 Å². The first kappa shape index (κ1) is 19.7. The Bertz CT molecular complexity index is 591. The third kappa shape index (κ3) is 5.41. The Hall–Kier alpha value is -1.66. The first-order chi connectivity index (χ1) is 11.9. The summed E-state index contributed by atoms with van der Waals surface area (Å²) in [5.41, 5.74) is 1.57. The van der Waals surface area contributed by atoms with Gasteiger partial charge >= 0.3 is 0 Å². The lowest BCUT2D eigenvalue weighted by Crippen LogP contribution is -2.46. The predicted molar refractivity (Wildman–Crippen MR) is 100 cm³/mol. The standard InChI is InChI=1S/C19H31FN4O/c1-13(2)24-10-14(3)18(11-24)23-19(21-4)22-9-15-6-7-17(20)16(8-15)12-25-5/h6-8,13-14,18H,9-12H2,1-5H3,(H2,21,22,23). The largest absolute Gasteiger partial charge is 0.380 e. The molecule has 0 aromatic heterocycles. The summed E-state index contributed by atoms with van der Waals surface area (Å²) in [5.74, 6) is 1.11. The molecule has 140 valence electrons. The molecule has 2 atom stereocenters. The molecule has 2 unspecified atom stereocenters. The zero-order chi connectivity index (χ0) is 18.4. The van der Waals surface area contributed by atoms with E-state index in [2.05, 4.69) is 41.3 Å². The van der Waals surface area contributed by atoms with Gasteiger partial charge in [0.05, 0.1) is 6.61 Å². The Morgan fingerprint density at radius 2 is 2.16 bits per heavy atom. The zero-order valence-corrected chi connectivity index (χ0v) is 16.0. The molecule has 1 saturated heterocycles. The summed E-state index contributed by atoms with van der Waals surface area (Å²) in [6.07, 6.45) is 0. The SMILES string of the molecule is CN=C(NCc1ccc(F)c(COC)c1)NC1CN(C(C)C)CC1C. The topological polar surface area (TPSA) is 48.9 Å².